The van der Waals surface area contributed by atoms with E-state index in [9.17, 15) is 0 Å². The summed E-state index contributed by atoms with van der Waals surface area (Å²) >= 11 is 0. The zero-order valence-corrected chi connectivity index (χ0v) is 2.63. The first-order chi connectivity index (χ1) is 2.41. The maximum Gasteiger partial charge on any atom is 0.229 e. The highest BCUT2D eigenvalue weighted by Crippen LogP contribution is 1.37. The fourth-order valence-corrected chi connectivity index (χ4v) is 0.0385. The molecule has 0 spiro atoms. The lowest BCUT2D eigenvalue weighted by Crippen LogP contribution is -2.10. The zero-order chi connectivity index (χ0) is 4.12. The minimum atomic E-state index is 0.750. The molecule has 3 radical (unpaired) electrons. The van der Waals surface area contributed by atoms with Crippen molar-refractivity contribution in [3.05, 3.63) is 0 Å². The molecule has 0 aromatic heterocycles. The van der Waals surface area contributed by atoms with Crippen molar-refractivity contribution in [2.24, 2.45) is 0 Å². The van der Waals surface area contributed by atoms with Gasteiger partial charge in [0.05, 0.1) is 0 Å². The maximum atomic E-state index is 7.69. The fraction of sp³-hybridized carbons (Fsp3) is 0. The largest absolute Gasteiger partial charge is 0.466 e. The summed E-state index contributed by atoms with van der Waals surface area (Å²) in [5, 5.41) is 15.4. The van der Waals surface area contributed by atoms with E-state index < -0.39 is 0 Å². The van der Waals surface area contributed by atoms with Crippen molar-refractivity contribution in [2.75, 3.05) is 0 Å². The average molecular weight is 66.4 g/mol. The van der Waals surface area contributed by atoms with Gasteiger partial charge in [0.2, 0.25) is 14.7 Å². The molecule has 5 heavy (non-hydrogen) atoms. The highest BCUT2D eigenvalue weighted by Gasteiger charge is 1.83. The van der Waals surface area contributed by atoms with Crippen LogP contribution in [0.15, 0.2) is 0 Å². The van der Waals surface area contributed by atoms with Crippen molar-refractivity contribution < 1.29 is 10.0 Å². The normalized spacial score (nSPS) is 6.00. The second-order valence-corrected chi connectivity index (χ2v) is 0.491. The Hall–Kier alpha value is 0.115. The summed E-state index contributed by atoms with van der Waals surface area (Å²) in [4.78, 5) is 0. The Kier molecular flexibility index (Phi) is 4.21. The van der Waals surface area contributed by atoms with Crippen molar-refractivity contribution in [1.82, 2.24) is 0 Å². The van der Waals surface area contributed by atoms with Crippen LogP contribution in [-0.2, 0) is 0 Å². The van der Waals surface area contributed by atoms with Gasteiger partial charge in [0, 0.05) is 0 Å². The first-order valence-corrected chi connectivity index (χ1v) is 1.18. The summed E-state index contributed by atoms with van der Waals surface area (Å²) in [5.41, 5.74) is 0. The first-order valence-electron chi connectivity index (χ1n) is 1.18. The van der Waals surface area contributed by atoms with Gasteiger partial charge in [-0.25, -0.2) is 0 Å². The molecule has 5 heteroatoms. The van der Waals surface area contributed by atoms with Crippen molar-refractivity contribution in [1.29, 1.82) is 0 Å². The molecule has 23 valence electrons. The summed E-state index contributed by atoms with van der Waals surface area (Å²) in [7, 11) is 2.61. The molecule has 0 amide bonds. The number of hydrogen-bond donors (Lipinski definition) is 2. The van der Waals surface area contributed by atoms with E-state index in [0.29, 0.717) is 0 Å². The van der Waals surface area contributed by atoms with Crippen molar-refractivity contribution in [3.63, 3.8) is 0 Å². The third kappa shape index (κ3) is 4.11. The summed E-state index contributed by atoms with van der Waals surface area (Å²) in [6.07, 6.45) is 0. The molecule has 0 saturated carbocycles. The molecule has 0 aliphatic rings. The summed E-state index contributed by atoms with van der Waals surface area (Å²) < 4.78 is 0. The minimum Gasteiger partial charge on any atom is -0.466 e. The van der Waals surface area contributed by atoms with Crippen LogP contribution in [0.5, 0.6) is 0 Å². The molecule has 0 aromatic rings. The molecule has 0 unspecified atom stereocenters. The smallest absolute Gasteiger partial charge is 0.229 e. The molecule has 0 aromatic carbocycles. The lowest BCUT2D eigenvalue weighted by Gasteiger charge is -1.69. The predicted octanol–water partition coefficient (Wildman–Crippen LogP) is -2.26. The molecular weight excluding hydrogens is 64.4 g/mol. The van der Waals surface area contributed by atoms with Crippen LogP contribution in [0.25, 0.3) is 0 Å². The third-order valence-corrected chi connectivity index (χ3v) is 0.172. The quantitative estimate of drug-likeness (QED) is 0.357. The second kappa shape index (κ2) is 4.11. The Bertz CT molecular complexity index is 12.4. The van der Waals surface area contributed by atoms with Crippen LogP contribution in [-0.4, -0.2) is 31.9 Å². The van der Waals surface area contributed by atoms with Crippen molar-refractivity contribution >= 4 is 21.8 Å². The van der Waals surface area contributed by atoms with Gasteiger partial charge in [0.15, 0.2) is 0 Å². The Balaban J connectivity index is 2.19. The van der Waals surface area contributed by atoms with Gasteiger partial charge in [-0.3, -0.25) is 0 Å². The molecule has 0 aliphatic carbocycles. The van der Waals surface area contributed by atoms with E-state index >= 15 is 0 Å². The van der Waals surface area contributed by atoms with Gasteiger partial charge >= 0.3 is 0 Å². The molecular formula is H2B3O2. The SMILES string of the molecule is O[B][B][B]O. The molecule has 0 aliphatic heterocycles. The Morgan fingerprint density at radius 2 is 1.40 bits per heavy atom. The maximum absolute atomic E-state index is 7.69. The topological polar surface area (TPSA) is 40.5 Å². The van der Waals surface area contributed by atoms with E-state index in [-0.39, 0.29) is 0 Å². The predicted molar refractivity (Wildman–Crippen MR) is 21.7 cm³/mol. The lowest BCUT2D eigenvalue weighted by molar-refractivity contribution is 0.614. The van der Waals surface area contributed by atoms with Crippen LogP contribution in [0.4, 0.5) is 0 Å². The van der Waals surface area contributed by atoms with E-state index in [0.717, 1.165) is 21.8 Å². The van der Waals surface area contributed by atoms with Crippen LogP contribution < -0.4 is 0 Å². The van der Waals surface area contributed by atoms with Crippen LogP contribution in [0.1, 0.15) is 0 Å². The Morgan fingerprint density at radius 1 is 1.00 bits per heavy atom. The minimum absolute atomic E-state index is 0.750. The van der Waals surface area contributed by atoms with E-state index in [2.05, 4.69) is 0 Å². The van der Waals surface area contributed by atoms with Gasteiger partial charge in [-0.1, -0.05) is 0 Å². The van der Waals surface area contributed by atoms with Crippen LogP contribution >= 0.6 is 0 Å². The third-order valence-electron chi connectivity index (χ3n) is 0.172. The van der Waals surface area contributed by atoms with Gasteiger partial charge in [-0.15, -0.1) is 0 Å². The van der Waals surface area contributed by atoms with E-state index in [1.807, 2.05) is 0 Å². The lowest BCUT2D eigenvalue weighted by atomic mass is 9.32. The van der Waals surface area contributed by atoms with Crippen molar-refractivity contribution in [3.8, 4) is 0 Å². The highest BCUT2D eigenvalue weighted by molar-refractivity contribution is 7.25. The number of rotatable bonds is 2. The van der Waals surface area contributed by atoms with Crippen LogP contribution in [0, 0.1) is 0 Å². The van der Waals surface area contributed by atoms with Crippen molar-refractivity contribution in [2.45, 2.75) is 0 Å². The molecule has 0 atom stereocenters. The molecule has 0 saturated heterocycles. The summed E-state index contributed by atoms with van der Waals surface area (Å²) in [6, 6.07) is 0. The van der Waals surface area contributed by atoms with Gasteiger partial charge in [-0.05, 0) is 0 Å². The van der Waals surface area contributed by atoms with Gasteiger partial charge < -0.3 is 10.0 Å². The molecule has 0 heterocycles. The molecule has 0 fully saturated rings. The monoisotopic (exact) mass is 67.0 g/mol. The highest BCUT2D eigenvalue weighted by atomic mass is 16.2. The number of hydrogen-bond acceptors (Lipinski definition) is 2. The first kappa shape index (κ1) is 5.11. The molecule has 2 nitrogen and oxygen atoms in total. The summed E-state index contributed by atoms with van der Waals surface area (Å²) in [6.45, 7) is 0. The van der Waals surface area contributed by atoms with E-state index in [1.165, 1.54) is 0 Å². The molecule has 0 rings (SSSR count). The van der Waals surface area contributed by atoms with E-state index in [1.54, 1.807) is 0 Å². The van der Waals surface area contributed by atoms with E-state index in [4.69, 9.17) is 10.0 Å². The van der Waals surface area contributed by atoms with Gasteiger partial charge in [-0.2, -0.15) is 0 Å². The van der Waals surface area contributed by atoms with Crippen LogP contribution in [0.2, 0.25) is 0 Å². The summed E-state index contributed by atoms with van der Waals surface area (Å²) in [5.74, 6) is 0. The Morgan fingerprint density at radius 3 is 1.40 bits per heavy atom. The fourth-order valence-electron chi connectivity index (χ4n) is 0.0385. The van der Waals surface area contributed by atoms with Gasteiger partial charge in [0.25, 0.3) is 0 Å². The molecule has 2 N–H and O–H groups in total. The van der Waals surface area contributed by atoms with Crippen LogP contribution in [0.3, 0.4) is 0 Å². The standard InChI is InChI=1S/B3H2O2/c4-2-1-3-5/h4-5H. The van der Waals surface area contributed by atoms with Gasteiger partial charge in [0.1, 0.15) is 7.06 Å². The zero-order valence-electron chi connectivity index (χ0n) is 2.63. The second-order valence-electron chi connectivity index (χ2n) is 0.491. The molecule has 0 bridgehead atoms. The Labute approximate surface area is 33.0 Å². The average Bonchev–Trinajstić information content (AvgIpc) is 1.41.